The summed E-state index contributed by atoms with van der Waals surface area (Å²) in [5.41, 5.74) is -1.19. The van der Waals surface area contributed by atoms with Crippen molar-refractivity contribution < 1.29 is 14.6 Å². The Labute approximate surface area is 91.1 Å². The zero-order valence-electron chi connectivity index (χ0n) is 9.91. The number of ether oxygens (including phenoxy) is 1. The van der Waals surface area contributed by atoms with Crippen LogP contribution in [0.25, 0.3) is 0 Å². The highest BCUT2D eigenvalue weighted by Crippen LogP contribution is 2.34. The molecule has 86 valence electrons. The molecular formula is C12H20O3. The molecular weight excluding hydrogens is 192 g/mol. The lowest BCUT2D eigenvalue weighted by Crippen LogP contribution is -2.39. The maximum Gasteiger partial charge on any atom is 0.303 e. The van der Waals surface area contributed by atoms with Crippen LogP contribution in [0.4, 0.5) is 0 Å². The van der Waals surface area contributed by atoms with Gasteiger partial charge in [-0.3, -0.25) is 4.79 Å². The lowest BCUT2D eigenvalue weighted by Gasteiger charge is -2.36. The van der Waals surface area contributed by atoms with E-state index in [0.29, 0.717) is 6.42 Å². The molecule has 0 aromatic rings. The van der Waals surface area contributed by atoms with Crippen molar-refractivity contribution in [1.82, 2.24) is 0 Å². The molecule has 3 nitrogen and oxygen atoms in total. The monoisotopic (exact) mass is 212 g/mol. The lowest BCUT2D eigenvalue weighted by atomic mass is 9.78. The Kier molecular flexibility index (Phi) is 3.24. The van der Waals surface area contributed by atoms with Crippen LogP contribution in [0.2, 0.25) is 0 Å². The molecule has 0 aliphatic heterocycles. The third-order valence-electron chi connectivity index (χ3n) is 2.95. The number of hydrogen-bond donors (Lipinski definition) is 1. The van der Waals surface area contributed by atoms with E-state index in [1.807, 2.05) is 19.9 Å². The molecule has 0 spiro atoms. The van der Waals surface area contributed by atoms with Crippen LogP contribution in [0, 0.1) is 5.92 Å². The smallest absolute Gasteiger partial charge is 0.303 e. The maximum absolute atomic E-state index is 10.9. The van der Waals surface area contributed by atoms with Crippen molar-refractivity contribution in [3.8, 4) is 0 Å². The molecule has 2 atom stereocenters. The molecule has 1 rings (SSSR count). The average Bonchev–Trinajstić information content (AvgIpc) is 2.00. The highest BCUT2D eigenvalue weighted by Gasteiger charge is 2.35. The van der Waals surface area contributed by atoms with E-state index in [2.05, 4.69) is 0 Å². The van der Waals surface area contributed by atoms with Crippen LogP contribution in [-0.4, -0.2) is 22.3 Å². The van der Waals surface area contributed by atoms with Gasteiger partial charge >= 0.3 is 5.97 Å². The maximum atomic E-state index is 10.9. The molecule has 1 aliphatic carbocycles. The summed E-state index contributed by atoms with van der Waals surface area (Å²) >= 11 is 0. The van der Waals surface area contributed by atoms with Gasteiger partial charge in [0.2, 0.25) is 0 Å². The van der Waals surface area contributed by atoms with Gasteiger partial charge in [-0.15, -0.1) is 0 Å². The molecule has 1 N–H and O–H groups in total. The Hall–Kier alpha value is -0.830. The molecule has 0 radical (unpaired) electrons. The quantitative estimate of drug-likeness (QED) is 0.563. The molecule has 2 unspecified atom stereocenters. The average molecular weight is 212 g/mol. The molecule has 0 saturated heterocycles. The van der Waals surface area contributed by atoms with E-state index in [0.717, 1.165) is 6.42 Å². The van der Waals surface area contributed by atoms with Gasteiger partial charge in [0.1, 0.15) is 5.60 Å². The third kappa shape index (κ3) is 3.34. The SMILES string of the molecule is CC(=O)OC(C)(C)C1C=CC(C)(O)CC1. The standard InChI is InChI=1S/C12H20O3/c1-9(13)15-11(2,3)10-5-7-12(4,14)8-6-10/h5,7,10,14H,6,8H2,1-4H3. The van der Waals surface area contributed by atoms with E-state index in [4.69, 9.17) is 4.74 Å². The largest absolute Gasteiger partial charge is 0.459 e. The molecule has 0 saturated carbocycles. The van der Waals surface area contributed by atoms with Gasteiger partial charge in [0, 0.05) is 12.8 Å². The Bertz CT molecular complexity index is 277. The van der Waals surface area contributed by atoms with Crippen LogP contribution in [0.5, 0.6) is 0 Å². The van der Waals surface area contributed by atoms with Crippen LogP contribution in [-0.2, 0) is 9.53 Å². The number of rotatable bonds is 2. The summed E-state index contributed by atoms with van der Waals surface area (Å²) in [6.07, 6.45) is 5.29. The van der Waals surface area contributed by atoms with Crippen molar-refractivity contribution in [1.29, 1.82) is 0 Å². The van der Waals surface area contributed by atoms with Crippen LogP contribution >= 0.6 is 0 Å². The van der Waals surface area contributed by atoms with Crippen molar-refractivity contribution >= 4 is 5.97 Å². The molecule has 15 heavy (non-hydrogen) atoms. The van der Waals surface area contributed by atoms with Crippen molar-refractivity contribution in [3.63, 3.8) is 0 Å². The highest BCUT2D eigenvalue weighted by atomic mass is 16.6. The molecule has 0 amide bonds. The molecule has 0 aromatic heterocycles. The first kappa shape index (κ1) is 12.2. The van der Waals surface area contributed by atoms with Crippen LogP contribution < -0.4 is 0 Å². The van der Waals surface area contributed by atoms with Crippen LogP contribution in [0.15, 0.2) is 12.2 Å². The summed E-state index contributed by atoms with van der Waals surface area (Å²) in [4.78, 5) is 10.9. The van der Waals surface area contributed by atoms with Gasteiger partial charge in [-0.2, -0.15) is 0 Å². The summed E-state index contributed by atoms with van der Waals surface area (Å²) in [7, 11) is 0. The van der Waals surface area contributed by atoms with E-state index < -0.39 is 11.2 Å². The molecule has 0 aromatic carbocycles. The fourth-order valence-electron chi connectivity index (χ4n) is 1.98. The lowest BCUT2D eigenvalue weighted by molar-refractivity contribution is -0.157. The van der Waals surface area contributed by atoms with E-state index in [1.54, 1.807) is 13.0 Å². The zero-order valence-corrected chi connectivity index (χ0v) is 9.91. The van der Waals surface area contributed by atoms with Crippen LogP contribution in [0.3, 0.4) is 0 Å². The third-order valence-corrected chi connectivity index (χ3v) is 2.95. The number of esters is 1. The predicted molar refractivity (Wildman–Crippen MR) is 58.3 cm³/mol. The van der Waals surface area contributed by atoms with Gasteiger partial charge in [0.25, 0.3) is 0 Å². The first-order valence-corrected chi connectivity index (χ1v) is 5.34. The number of aliphatic hydroxyl groups is 1. The first-order chi connectivity index (χ1) is 6.73. The molecule has 3 heteroatoms. The predicted octanol–water partition coefficient (Wildman–Crippen LogP) is 2.05. The second-order valence-electron chi connectivity index (χ2n) is 5.06. The second-order valence-corrected chi connectivity index (χ2v) is 5.06. The number of carbonyl (C=O) groups is 1. The Morgan fingerprint density at radius 3 is 2.60 bits per heavy atom. The highest BCUT2D eigenvalue weighted by molar-refractivity contribution is 5.66. The van der Waals surface area contributed by atoms with Crippen LogP contribution in [0.1, 0.15) is 40.5 Å². The zero-order chi connectivity index (χ0) is 11.7. The van der Waals surface area contributed by atoms with Gasteiger partial charge in [0.15, 0.2) is 0 Å². The van der Waals surface area contributed by atoms with Crippen molar-refractivity contribution in [2.45, 2.75) is 51.7 Å². The summed E-state index contributed by atoms with van der Waals surface area (Å²) in [6, 6.07) is 0. The second kappa shape index (κ2) is 3.97. The fourth-order valence-corrected chi connectivity index (χ4v) is 1.98. The Morgan fingerprint density at radius 1 is 1.60 bits per heavy atom. The Morgan fingerprint density at radius 2 is 2.20 bits per heavy atom. The number of carbonyl (C=O) groups excluding carboxylic acids is 1. The van der Waals surface area contributed by atoms with Gasteiger partial charge in [-0.25, -0.2) is 0 Å². The Balaban J connectivity index is 2.70. The van der Waals surface area contributed by atoms with E-state index >= 15 is 0 Å². The van der Waals surface area contributed by atoms with Gasteiger partial charge in [-0.05, 0) is 33.6 Å². The molecule has 1 aliphatic rings. The van der Waals surface area contributed by atoms with E-state index in [1.165, 1.54) is 6.92 Å². The van der Waals surface area contributed by atoms with E-state index in [-0.39, 0.29) is 11.9 Å². The summed E-state index contributed by atoms with van der Waals surface area (Å²) < 4.78 is 5.27. The molecule has 0 heterocycles. The first-order valence-electron chi connectivity index (χ1n) is 5.34. The normalized spacial score (nSPS) is 31.4. The minimum absolute atomic E-state index is 0.182. The van der Waals surface area contributed by atoms with Gasteiger partial charge in [0.05, 0.1) is 5.60 Å². The van der Waals surface area contributed by atoms with Gasteiger partial charge in [-0.1, -0.05) is 12.2 Å². The summed E-state index contributed by atoms with van der Waals surface area (Å²) in [6.45, 7) is 7.02. The van der Waals surface area contributed by atoms with Gasteiger partial charge < -0.3 is 9.84 Å². The molecule has 0 fully saturated rings. The molecule has 0 bridgehead atoms. The number of hydrogen-bond acceptors (Lipinski definition) is 3. The fraction of sp³-hybridized carbons (Fsp3) is 0.750. The van der Waals surface area contributed by atoms with Crippen molar-refractivity contribution in [3.05, 3.63) is 12.2 Å². The topological polar surface area (TPSA) is 46.5 Å². The van der Waals surface area contributed by atoms with Crippen molar-refractivity contribution in [2.75, 3.05) is 0 Å². The summed E-state index contributed by atoms with van der Waals surface area (Å²) in [5, 5.41) is 9.75. The van der Waals surface area contributed by atoms with Crippen molar-refractivity contribution in [2.24, 2.45) is 5.92 Å². The minimum atomic E-state index is -0.706. The minimum Gasteiger partial charge on any atom is -0.459 e. The summed E-state index contributed by atoms with van der Waals surface area (Å²) in [5.74, 6) is -0.0765. The van der Waals surface area contributed by atoms with E-state index in [9.17, 15) is 9.90 Å².